The van der Waals surface area contributed by atoms with E-state index in [1.807, 2.05) is 35.7 Å². The van der Waals surface area contributed by atoms with Crippen molar-refractivity contribution in [1.29, 1.82) is 0 Å². The van der Waals surface area contributed by atoms with Crippen molar-refractivity contribution in [2.24, 2.45) is 7.05 Å². The quantitative estimate of drug-likeness (QED) is 0.716. The standard InChI is InChI=1S/C15H18N6O/c1-11-12(10-20(2)19-11)15(22)16-8-5-7-14-18-17-13-6-3-4-9-21(13)14/h3-4,6,9-10H,5,7-8H2,1-2H3,(H,16,22). The molecule has 0 aromatic carbocycles. The van der Waals surface area contributed by atoms with Gasteiger partial charge in [-0.1, -0.05) is 6.07 Å². The van der Waals surface area contributed by atoms with Gasteiger partial charge in [0.1, 0.15) is 5.82 Å². The molecule has 0 bridgehead atoms. The Balaban J connectivity index is 1.53. The largest absolute Gasteiger partial charge is 0.352 e. The second kappa shape index (κ2) is 5.97. The number of aromatic nitrogens is 5. The maximum atomic E-state index is 12.1. The third-order valence-electron chi connectivity index (χ3n) is 3.51. The monoisotopic (exact) mass is 298 g/mol. The molecule has 0 spiro atoms. The predicted octanol–water partition coefficient (Wildman–Crippen LogP) is 1.13. The summed E-state index contributed by atoms with van der Waals surface area (Å²) >= 11 is 0. The summed E-state index contributed by atoms with van der Waals surface area (Å²) in [5, 5.41) is 15.4. The second-order valence-corrected chi connectivity index (χ2v) is 5.21. The van der Waals surface area contributed by atoms with Crippen molar-refractivity contribution in [3.8, 4) is 0 Å². The number of rotatable bonds is 5. The molecule has 0 unspecified atom stereocenters. The molecule has 3 rings (SSSR count). The Bertz CT molecular complexity index is 803. The van der Waals surface area contributed by atoms with Crippen molar-refractivity contribution in [3.05, 3.63) is 47.7 Å². The molecular weight excluding hydrogens is 280 g/mol. The van der Waals surface area contributed by atoms with Crippen LogP contribution in [0.5, 0.6) is 0 Å². The van der Waals surface area contributed by atoms with Crippen LogP contribution >= 0.6 is 0 Å². The van der Waals surface area contributed by atoms with Gasteiger partial charge in [0.2, 0.25) is 0 Å². The van der Waals surface area contributed by atoms with E-state index in [9.17, 15) is 4.79 Å². The smallest absolute Gasteiger partial charge is 0.254 e. The summed E-state index contributed by atoms with van der Waals surface area (Å²) in [6.45, 7) is 2.42. The fourth-order valence-corrected chi connectivity index (χ4v) is 2.43. The van der Waals surface area contributed by atoms with E-state index in [-0.39, 0.29) is 5.91 Å². The van der Waals surface area contributed by atoms with Crippen LogP contribution < -0.4 is 5.32 Å². The second-order valence-electron chi connectivity index (χ2n) is 5.21. The van der Waals surface area contributed by atoms with E-state index in [4.69, 9.17) is 0 Å². The normalized spacial score (nSPS) is 11.0. The zero-order chi connectivity index (χ0) is 15.5. The zero-order valence-electron chi connectivity index (χ0n) is 12.7. The summed E-state index contributed by atoms with van der Waals surface area (Å²) in [7, 11) is 1.81. The summed E-state index contributed by atoms with van der Waals surface area (Å²) in [5.74, 6) is 0.819. The fraction of sp³-hybridized carbons (Fsp3) is 0.333. The van der Waals surface area contributed by atoms with E-state index in [0.29, 0.717) is 12.1 Å². The number of fused-ring (bicyclic) bond motifs is 1. The van der Waals surface area contributed by atoms with Crippen LogP contribution in [-0.4, -0.2) is 36.8 Å². The van der Waals surface area contributed by atoms with E-state index in [2.05, 4.69) is 20.6 Å². The van der Waals surface area contributed by atoms with Crippen LogP contribution in [0.25, 0.3) is 5.65 Å². The first-order valence-electron chi connectivity index (χ1n) is 7.22. The van der Waals surface area contributed by atoms with Crippen molar-refractivity contribution in [2.45, 2.75) is 19.8 Å². The first-order valence-corrected chi connectivity index (χ1v) is 7.22. The van der Waals surface area contributed by atoms with Crippen LogP contribution in [0, 0.1) is 6.92 Å². The summed E-state index contributed by atoms with van der Waals surface area (Å²) in [5.41, 5.74) is 2.20. The van der Waals surface area contributed by atoms with Gasteiger partial charge in [0, 0.05) is 32.4 Å². The Labute approximate surface area is 128 Å². The minimum absolute atomic E-state index is 0.0864. The number of carbonyl (C=O) groups is 1. The first kappa shape index (κ1) is 14.2. The van der Waals surface area contributed by atoms with Gasteiger partial charge in [-0.15, -0.1) is 10.2 Å². The molecule has 3 aromatic rings. The van der Waals surface area contributed by atoms with E-state index in [1.54, 1.807) is 17.9 Å². The molecule has 1 N–H and O–H groups in total. The Morgan fingerprint density at radius 1 is 1.32 bits per heavy atom. The summed E-state index contributed by atoms with van der Waals surface area (Å²) in [6, 6.07) is 5.81. The van der Waals surface area contributed by atoms with E-state index in [0.717, 1.165) is 30.0 Å². The summed E-state index contributed by atoms with van der Waals surface area (Å²) < 4.78 is 3.61. The van der Waals surface area contributed by atoms with Gasteiger partial charge in [0.15, 0.2) is 5.65 Å². The van der Waals surface area contributed by atoms with Crippen molar-refractivity contribution in [3.63, 3.8) is 0 Å². The molecule has 114 valence electrons. The van der Waals surface area contributed by atoms with Crippen molar-refractivity contribution in [1.82, 2.24) is 29.7 Å². The van der Waals surface area contributed by atoms with Crippen LogP contribution in [0.1, 0.15) is 28.3 Å². The fourth-order valence-electron chi connectivity index (χ4n) is 2.43. The molecule has 0 atom stereocenters. The lowest BCUT2D eigenvalue weighted by molar-refractivity contribution is 0.0952. The molecule has 0 aliphatic carbocycles. The highest BCUT2D eigenvalue weighted by Crippen LogP contribution is 2.06. The first-order chi connectivity index (χ1) is 10.6. The highest BCUT2D eigenvalue weighted by molar-refractivity contribution is 5.94. The molecule has 0 saturated carbocycles. The molecule has 22 heavy (non-hydrogen) atoms. The SMILES string of the molecule is Cc1nn(C)cc1C(=O)NCCCc1nnc2ccccn12. The number of carbonyl (C=O) groups excluding carboxylic acids is 1. The number of aryl methyl sites for hydroxylation is 3. The van der Waals surface area contributed by atoms with Crippen molar-refractivity contribution >= 4 is 11.6 Å². The van der Waals surface area contributed by atoms with Crippen LogP contribution in [-0.2, 0) is 13.5 Å². The number of amides is 1. The van der Waals surface area contributed by atoms with Gasteiger partial charge < -0.3 is 5.32 Å². The lowest BCUT2D eigenvalue weighted by atomic mass is 10.2. The molecular formula is C15H18N6O. The van der Waals surface area contributed by atoms with Gasteiger partial charge >= 0.3 is 0 Å². The number of nitrogens with zero attached hydrogens (tertiary/aromatic N) is 5. The maximum Gasteiger partial charge on any atom is 0.254 e. The van der Waals surface area contributed by atoms with Crippen molar-refractivity contribution < 1.29 is 4.79 Å². The number of pyridine rings is 1. The molecule has 1 amide bonds. The summed E-state index contributed by atoms with van der Waals surface area (Å²) in [6.07, 6.45) is 5.25. The lowest BCUT2D eigenvalue weighted by Crippen LogP contribution is -2.25. The lowest BCUT2D eigenvalue weighted by Gasteiger charge is -2.04. The van der Waals surface area contributed by atoms with Crippen LogP contribution in [0.4, 0.5) is 0 Å². The highest BCUT2D eigenvalue weighted by atomic mass is 16.1. The maximum absolute atomic E-state index is 12.1. The molecule has 3 aromatic heterocycles. The van der Waals surface area contributed by atoms with Crippen molar-refractivity contribution in [2.75, 3.05) is 6.54 Å². The Kier molecular flexibility index (Phi) is 3.86. The van der Waals surface area contributed by atoms with Crippen LogP contribution in [0.3, 0.4) is 0 Å². The third kappa shape index (κ3) is 2.83. The molecule has 7 heteroatoms. The minimum Gasteiger partial charge on any atom is -0.352 e. The van der Waals surface area contributed by atoms with E-state index in [1.165, 1.54) is 0 Å². The molecule has 0 aliphatic rings. The van der Waals surface area contributed by atoms with Gasteiger partial charge in [-0.25, -0.2) is 0 Å². The average Bonchev–Trinajstić information content (AvgIpc) is 3.07. The predicted molar refractivity (Wildman–Crippen MR) is 81.6 cm³/mol. The van der Waals surface area contributed by atoms with Gasteiger partial charge in [-0.3, -0.25) is 13.9 Å². The number of nitrogens with one attached hydrogen (secondary N) is 1. The molecule has 0 fully saturated rings. The van der Waals surface area contributed by atoms with Gasteiger partial charge in [0.25, 0.3) is 5.91 Å². The Morgan fingerprint density at radius 3 is 2.95 bits per heavy atom. The number of hydrogen-bond donors (Lipinski definition) is 1. The van der Waals surface area contributed by atoms with Gasteiger partial charge in [-0.2, -0.15) is 5.10 Å². The topological polar surface area (TPSA) is 77.1 Å². The van der Waals surface area contributed by atoms with E-state index >= 15 is 0 Å². The van der Waals surface area contributed by atoms with Gasteiger partial charge in [0.05, 0.1) is 11.3 Å². The van der Waals surface area contributed by atoms with Crippen LogP contribution in [0.15, 0.2) is 30.6 Å². The summed E-state index contributed by atoms with van der Waals surface area (Å²) in [4.78, 5) is 12.1. The molecule has 0 aliphatic heterocycles. The zero-order valence-corrected chi connectivity index (χ0v) is 12.7. The van der Waals surface area contributed by atoms with E-state index < -0.39 is 0 Å². The Morgan fingerprint density at radius 2 is 2.18 bits per heavy atom. The molecule has 0 radical (unpaired) electrons. The molecule has 7 nitrogen and oxygen atoms in total. The minimum atomic E-state index is -0.0864. The highest BCUT2D eigenvalue weighted by Gasteiger charge is 2.12. The molecule has 0 saturated heterocycles. The number of hydrogen-bond acceptors (Lipinski definition) is 4. The average molecular weight is 298 g/mol. The van der Waals surface area contributed by atoms with Gasteiger partial charge in [-0.05, 0) is 25.5 Å². The van der Waals surface area contributed by atoms with Crippen LogP contribution in [0.2, 0.25) is 0 Å². The Hall–Kier alpha value is -2.70. The third-order valence-corrected chi connectivity index (χ3v) is 3.51. The molecule has 3 heterocycles.